The number of hydrogen-bond donors (Lipinski definition) is 2. The molecule has 0 fully saturated rings. The molecule has 7 heteroatoms. The molecule has 0 saturated heterocycles. The predicted octanol–water partition coefficient (Wildman–Crippen LogP) is 4.52. The van der Waals surface area contributed by atoms with Crippen molar-refractivity contribution in [2.45, 2.75) is 19.4 Å². The van der Waals surface area contributed by atoms with Crippen LogP contribution in [0.3, 0.4) is 0 Å². The number of halogens is 2. The number of phenols is 1. The first-order valence-corrected chi connectivity index (χ1v) is 8.81. The second-order valence-electron chi connectivity index (χ2n) is 5.76. The fraction of sp³-hybridized carbons (Fsp3) is 0.158. The summed E-state index contributed by atoms with van der Waals surface area (Å²) in [6, 6.07) is 14.1. The van der Waals surface area contributed by atoms with Gasteiger partial charge in [-0.15, -0.1) is 0 Å². The highest BCUT2D eigenvalue weighted by molar-refractivity contribution is 6.42. The van der Waals surface area contributed by atoms with E-state index in [0.717, 1.165) is 11.1 Å². The van der Waals surface area contributed by atoms with Gasteiger partial charge in [-0.05, 0) is 29.7 Å². The molecule has 0 saturated carbocycles. The normalized spacial score (nSPS) is 10.7. The van der Waals surface area contributed by atoms with Gasteiger partial charge in [0.05, 0.1) is 22.8 Å². The van der Waals surface area contributed by atoms with Gasteiger partial charge < -0.3 is 10.4 Å². The van der Waals surface area contributed by atoms with E-state index in [1.807, 2.05) is 18.2 Å². The van der Waals surface area contributed by atoms with Crippen LogP contribution in [0.4, 0.5) is 5.82 Å². The number of amides is 1. The lowest BCUT2D eigenvalue weighted by atomic mass is 10.1. The lowest BCUT2D eigenvalue weighted by Gasteiger charge is -2.11. The number of aromatic hydroxyl groups is 1. The van der Waals surface area contributed by atoms with Gasteiger partial charge in [-0.1, -0.05) is 53.5 Å². The van der Waals surface area contributed by atoms with E-state index < -0.39 is 0 Å². The minimum Gasteiger partial charge on any atom is -0.508 e. The monoisotopic (exact) mass is 389 g/mol. The quantitative estimate of drug-likeness (QED) is 0.651. The third-order valence-corrected chi connectivity index (χ3v) is 4.81. The van der Waals surface area contributed by atoms with Crippen molar-refractivity contribution < 1.29 is 9.90 Å². The molecule has 3 aromatic rings. The molecule has 1 amide bonds. The Kier molecular flexibility index (Phi) is 5.81. The summed E-state index contributed by atoms with van der Waals surface area (Å²) in [5.41, 5.74) is 1.55. The Morgan fingerprint density at radius 3 is 2.65 bits per heavy atom. The predicted molar refractivity (Wildman–Crippen MR) is 103 cm³/mol. The Balaban J connectivity index is 1.64. The van der Waals surface area contributed by atoms with E-state index in [1.165, 1.54) is 0 Å². The summed E-state index contributed by atoms with van der Waals surface area (Å²) >= 11 is 12.3. The van der Waals surface area contributed by atoms with Gasteiger partial charge in [0, 0.05) is 12.5 Å². The van der Waals surface area contributed by atoms with E-state index in [-0.39, 0.29) is 18.1 Å². The molecule has 0 aliphatic rings. The molecular formula is C19H17Cl2N3O2. The molecule has 26 heavy (non-hydrogen) atoms. The van der Waals surface area contributed by atoms with Crippen molar-refractivity contribution >= 4 is 34.9 Å². The van der Waals surface area contributed by atoms with Crippen molar-refractivity contribution in [1.82, 2.24) is 9.78 Å². The molecule has 134 valence electrons. The molecule has 0 aliphatic heterocycles. The number of nitrogens with one attached hydrogen (secondary N) is 1. The van der Waals surface area contributed by atoms with Gasteiger partial charge in [-0.25, -0.2) is 4.68 Å². The van der Waals surface area contributed by atoms with Crippen molar-refractivity contribution in [3.63, 3.8) is 0 Å². The Morgan fingerprint density at radius 2 is 1.85 bits per heavy atom. The summed E-state index contributed by atoms with van der Waals surface area (Å²) in [5, 5.41) is 17.8. The number of hydrogen-bond acceptors (Lipinski definition) is 3. The van der Waals surface area contributed by atoms with Crippen LogP contribution in [0.1, 0.15) is 17.5 Å². The number of aryl methyl sites for hydroxylation is 1. The standard InChI is InChI=1S/C19H17Cl2N3O2/c20-15-6-3-5-14(19(15)21)12-24-17(10-11-22-24)23-18(26)9-8-13-4-1-2-7-16(13)25/h1-7,10-11,25H,8-9,12H2,(H,23,26). The van der Waals surface area contributed by atoms with Gasteiger partial charge in [-0.3, -0.25) is 4.79 Å². The highest BCUT2D eigenvalue weighted by Gasteiger charge is 2.11. The number of nitrogens with zero attached hydrogens (tertiary/aromatic N) is 2. The Hall–Kier alpha value is -2.50. The second-order valence-corrected chi connectivity index (χ2v) is 6.55. The molecule has 3 rings (SSSR count). The molecule has 0 unspecified atom stereocenters. The Bertz CT molecular complexity index is 925. The lowest BCUT2D eigenvalue weighted by molar-refractivity contribution is -0.116. The lowest BCUT2D eigenvalue weighted by Crippen LogP contribution is -2.16. The van der Waals surface area contributed by atoms with Gasteiger partial charge in [-0.2, -0.15) is 5.10 Å². The van der Waals surface area contributed by atoms with E-state index in [2.05, 4.69) is 10.4 Å². The van der Waals surface area contributed by atoms with Crippen molar-refractivity contribution in [1.29, 1.82) is 0 Å². The van der Waals surface area contributed by atoms with Crippen LogP contribution < -0.4 is 5.32 Å². The minimum atomic E-state index is -0.160. The third kappa shape index (κ3) is 4.36. The molecule has 1 heterocycles. The number of rotatable bonds is 6. The summed E-state index contributed by atoms with van der Waals surface area (Å²) in [6.45, 7) is 0.390. The largest absolute Gasteiger partial charge is 0.508 e. The zero-order chi connectivity index (χ0) is 18.5. The van der Waals surface area contributed by atoms with E-state index in [9.17, 15) is 9.90 Å². The summed E-state index contributed by atoms with van der Waals surface area (Å²) in [4.78, 5) is 12.2. The van der Waals surface area contributed by atoms with Crippen molar-refractivity contribution in [3.05, 3.63) is 75.9 Å². The molecule has 2 N–H and O–H groups in total. The van der Waals surface area contributed by atoms with Crippen LogP contribution >= 0.6 is 23.2 Å². The topological polar surface area (TPSA) is 67.2 Å². The molecule has 2 aromatic carbocycles. The molecule has 1 aromatic heterocycles. The van der Waals surface area contributed by atoms with Crippen LogP contribution in [-0.4, -0.2) is 20.8 Å². The average Bonchev–Trinajstić information content (AvgIpc) is 3.05. The van der Waals surface area contributed by atoms with Crippen LogP contribution in [0, 0.1) is 0 Å². The first-order valence-electron chi connectivity index (χ1n) is 8.06. The SMILES string of the molecule is O=C(CCc1ccccc1O)Nc1ccnn1Cc1cccc(Cl)c1Cl. The smallest absolute Gasteiger partial charge is 0.225 e. The third-order valence-electron chi connectivity index (χ3n) is 3.95. The highest BCUT2D eigenvalue weighted by atomic mass is 35.5. The highest BCUT2D eigenvalue weighted by Crippen LogP contribution is 2.26. The molecule has 0 spiro atoms. The van der Waals surface area contributed by atoms with Gasteiger partial charge in [0.1, 0.15) is 11.6 Å². The number of carbonyl (C=O) groups is 1. The van der Waals surface area contributed by atoms with E-state index in [1.54, 1.807) is 41.2 Å². The first kappa shape index (κ1) is 18.3. The Labute approximate surface area is 161 Å². The molecule has 5 nitrogen and oxygen atoms in total. The van der Waals surface area contributed by atoms with E-state index in [0.29, 0.717) is 28.8 Å². The maximum atomic E-state index is 12.2. The summed E-state index contributed by atoms with van der Waals surface area (Å²) in [6.07, 6.45) is 2.31. The first-order chi connectivity index (χ1) is 12.5. The maximum absolute atomic E-state index is 12.2. The van der Waals surface area contributed by atoms with Crippen LogP contribution in [0.5, 0.6) is 5.75 Å². The maximum Gasteiger partial charge on any atom is 0.225 e. The number of carbonyl (C=O) groups excluding carboxylic acids is 1. The molecule has 0 atom stereocenters. The molecular weight excluding hydrogens is 373 g/mol. The summed E-state index contributed by atoms with van der Waals surface area (Å²) in [7, 11) is 0. The van der Waals surface area contributed by atoms with Gasteiger partial charge >= 0.3 is 0 Å². The molecule has 0 aliphatic carbocycles. The molecule has 0 bridgehead atoms. The van der Waals surface area contributed by atoms with E-state index >= 15 is 0 Å². The number of para-hydroxylation sites is 1. The van der Waals surface area contributed by atoms with Gasteiger partial charge in [0.25, 0.3) is 0 Å². The summed E-state index contributed by atoms with van der Waals surface area (Å²) in [5.74, 6) is 0.608. The number of aromatic nitrogens is 2. The van der Waals surface area contributed by atoms with Crippen molar-refractivity contribution in [2.24, 2.45) is 0 Å². The van der Waals surface area contributed by atoms with Crippen LogP contribution in [0.25, 0.3) is 0 Å². The van der Waals surface area contributed by atoms with E-state index in [4.69, 9.17) is 23.2 Å². The zero-order valence-corrected chi connectivity index (χ0v) is 15.3. The average molecular weight is 390 g/mol. The number of anilines is 1. The zero-order valence-electron chi connectivity index (χ0n) is 13.8. The number of phenolic OH excluding ortho intramolecular Hbond substituents is 1. The molecule has 0 radical (unpaired) electrons. The number of benzene rings is 2. The van der Waals surface area contributed by atoms with Crippen LogP contribution in [-0.2, 0) is 17.8 Å². The second kappa shape index (κ2) is 8.25. The fourth-order valence-electron chi connectivity index (χ4n) is 2.57. The minimum absolute atomic E-state index is 0.160. The van der Waals surface area contributed by atoms with Crippen molar-refractivity contribution in [3.8, 4) is 5.75 Å². The van der Waals surface area contributed by atoms with Crippen LogP contribution in [0.2, 0.25) is 10.0 Å². The van der Waals surface area contributed by atoms with Crippen molar-refractivity contribution in [2.75, 3.05) is 5.32 Å². The van der Waals surface area contributed by atoms with Crippen LogP contribution in [0.15, 0.2) is 54.7 Å². The Morgan fingerprint density at radius 1 is 1.08 bits per heavy atom. The van der Waals surface area contributed by atoms with Gasteiger partial charge in [0.2, 0.25) is 5.91 Å². The summed E-state index contributed by atoms with van der Waals surface area (Å²) < 4.78 is 1.65. The fourth-order valence-corrected chi connectivity index (χ4v) is 2.95. The van der Waals surface area contributed by atoms with Gasteiger partial charge in [0.15, 0.2) is 0 Å².